The Morgan fingerprint density at radius 1 is 1.18 bits per heavy atom. The number of hydrogen-bond donors (Lipinski definition) is 3. The number of ether oxygens (including phenoxy) is 1. The van der Waals surface area contributed by atoms with Gasteiger partial charge in [0.1, 0.15) is 0 Å². The molecule has 4 N–H and O–H groups in total. The van der Waals surface area contributed by atoms with Gasteiger partial charge in [0.05, 0.1) is 5.54 Å². The number of hydrogen-bond acceptors (Lipinski definition) is 6. The third-order valence-electron chi connectivity index (χ3n) is 7.89. The first-order valence-corrected chi connectivity index (χ1v) is 13.1. The summed E-state index contributed by atoms with van der Waals surface area (Å²) in [6.07, 6.45) is 1.70. The zero-order chi connectivity index (χ0) is 27.2. The molecule has 1 saturated carbocycles. The first-order valence-electron chi connectivity index (χ1n) is 13.1. The lowest BCUT2D eigenvalue weighted by molar-refractivity contribution is -0.136. The Morgan fingerprint density at radius 3 is 2.50 bits per heavy atom. The van der Waals surface area contributed by atoms with Crippen LogP contribution in [0.4, 0.5) is 10.5 Å². The Morgan fingerprint density at radius 2 is 1.89 bits per heavy atom. The molecule has 2 aromatic carbocycles. The predicted molar refractivity (Wildman–Crippen MR) is 141 cm³/mol. The summed E-state index contributed by atoms with van der Waals surface area (Å²) in [7, 11) is 0. The predicted octanol–water partition coefficient (Wildman–Crippen LogP) is 3.53. The SMILES string of the molecule is CC(C1CC1)N(Cc1ccccc1)C(=O)CC1CC2(OC(=O)NC2=O)c2ccc(NC(=O)C(C)(C)N)cc21. The molecular weight excluding hydrogens is 484 g/mol. The van der Waals surface area contributed by atoms with Crippen molar-refractivity contribution in [3.63, 3.8) is 0 Å². The van der Waals surface area contributed by atoms with Gasteiger partial charge in [0.15, 0.2) is 0 Å². The number of fused-ring (bicyclic) bond motifs is 2. The fraction of sp³-hybridized carbons (Fsp3) is 0.448. The topological polar surface area (TPSA) is 131 Å². The molecule has 2 fully saturated rings. The maximum atomic E-state index is 13.9. The van der Waals surface area contributed by atoms with E-state index in [1.807, 2.05) is 35.2 Å². The average Bonchev–Trinajstić information content (AvgIpc) is 3.62. The van der Waals surface area contributed by atoms with Crippen LogP contribution in [0.1, 0.15) is 69.1 Å². The lowest BCUT2D eigenvalue weighted by Gasteiger charge is -2.31. The van der Waals surface area contributed by atoms with E-state index in [0.29, 0.717) is 29.3 Å². The van der Waals surface area contributed by atoms with Crippen LogP contribution in [0.3, 0.4) is 0 Å². The molecule has 4 amide bonds. The molecule has 1 spiro atoms. The van der Waals surface area contributed by atoms with Crippen molar-refractivity contribution in [3.05, 3.63) is 65.2 Å². The Bertz CT molecular complexity index is 1280. The number of benzene rings is 2. The Labute approximate surface area is 222 Å². The average molecular weight is 519 g/mol. The van der Waals surface area contributed by atoms with Gasteiger partial charge in [-0.2, -0.15) is 0 Å². The van der Waals surface area contributed by atoms with Crippen molar-refractivity contribution >= 4 is 29.5 Å². The van der Waals surface area contributed by atoms with Crippen molar-refractivity contribution in [2.75, 3.05) is 5.32 Å². The number of nitrogens with one attached hydrogen (secondary N) is 2. The fourth-order valence-electron chi connectivity index (χ4n) is 5.52. The second kappa shape index (κ2) is 9.54. The normalized spacial score (nSPS) is 23.0. The molecule has 9 nitrogen and oxygen atoms in total. The summed E-state index contributed by atoms with van der Waals surface area (Å²) in [4.78, 5) is 53.3. The first kappa shape index (κ1) is 25.9. The van der Waals surface area contributed by atoms with Crippen LogP contribution in [0.15, 0.2) is 48.5 Å². The van der Waals surface area contributed by atoms with Gasteiger partial charge in [-0.05, 0) is 68.7 Å². The zero-order valence-corrected chi connectivity index (χ0v) is 22.0. The highest BCUT2D eigenvalue weighted by atomic mass is 16.6. The molecular formula is C29H34N4O5. The smallest absolute Gasteiger partial charge is 0.415 e. The van der Waals surface area contributed by atoms with Gasteiger partial charge in [0.25, 0.3) is 5.91 Å². The number of alkyl carbamates (subject to hydrolysis) is 1. The molecule has 3 aliphatic rings. The van der Waals surface area contributed by atoms with Crippen LogP contribution in [0, 0.1) is 5.92 Å². The van der Waals surface area contributed by atoms with Gasteiger partial charge in [-0.1, -0.05) is 36.4 Å². The van der Waals surface area contributed by atoms with Crippen LogP contribution in [0.25, 0.3) is 0 Å². The summed E-state index contributed by atoms with van der Waals surface area (Å²) in [5, 5.41) is 5.06. The Kier molecular flexibility index (Phi) is 6.51. The van der Waals surface area contributed by atoms with Crippen LogP contribution in [0.5, 0.6) is 0 Å². The zero-order valence-electron chi connectivity index (χ0n) is 22.0. The van der Waals surface area contributed by atoms with E-state index in [1.54, 1.807) is 32.0 Å². The molecule has 3 atom stereocenters. The molecule has 9 heteroatoms. The summed E-state index contributed by atoms with van der Waals surface area (Å²) in [5.74, 6) is -0.834. The first-order chi connectivity index (χ1) is 18.0. The number of carbonyl (C=O) groups excluding carboxylic acids is 4. The lowest BCUT2D eigenvalue weighted by Crippen LogP contribution is -2.45. The quantitative estimate of drug-likeness (QED) is 0.490. The molecule has 3 unspecified atom stereocenters. The summed E-state index contributed by atoms with van der Waals surface area (Å²) in [5.41, 5.74) is 6.15. The van der Waals surface area contributed by atoms with E-state index < -0.39 is 23.1 Å². The lowest BCUT2D eigenvalue weighted by atomic mass is 9.93. The standard InChI is InChI=1S/C29H34N4O5/c1-17(19-9-10-19)33(16-18-7-5-4-6-8-18)24(34)13-20-15-29(26(36)32-27(37)38-29)23-12-11-21(14-22(20)23)31-25(35)28(2,3)30/h4-8,11-12,14,17,19-20H,9-10,13,15-16,30H2,1-3H3,(H,31,35)(H,32,36,37). The largest absolute Gasteiger partial charge is 0.427 e. The van der Waals surface area contributed by atoms with Gasteiger partial charge in [-0.25, -0.2) is 4.79 Å². The summed E-state index contributed by atoms with van der Waals surface area (Å²) in [6.45, 7) is 5.81. The summed E-state index contributed by atoms with van der Waals surface area (Å²) in [6, 6.07) is 15.1. The monoisotopic (exact) mass is 518 g/mol. The van der Waals surface area contributed by atoms with Crippen molar-refractivity contribution in [2.45, 2.75) is 76.1 Å². The minimum Gasteiger partial charge on any atom is -0.427 e. The van der Waals surface area contributed by atoms with Gasteiger partial charge < -0.3 is 20.7 Å². The van der Waals surface area contributed by atoms with E-state index in [0.717, 1.165) is 18.4 Å². The van der Waals surface area contributed by atoms with Gasteiger partial charge in [0.2, 0.25) is 17.4 Å². The number of amides is 4. The third-order valence-corrected chi connectivity index (χ3v) is 7.89. The molecule has 1 saturated heterocycles. The van der Waals surface area contributed by atoms with Crippen molar-refractivity contribution in [1.29, 1.82) is 0 Å². The van der Waals surface area contributed by atoms with Crippen molar-refractivity contribution in [1.82, 2.24) is 10.2 Å². The van der Waals surface area contributed by atoms with E-state index in [2.05, 4.69) is 17.6 Å². The minimum absolute atomic E-state index is 0.0245. The van der Waals surface area contributed by atoms with Crippen LogP contribution in [0.2, 0.25) is 0 Å². The molecule has 5 rings (SSSR count). The van der Waals surface area contributed by atoms with Crippen molar-refractivity contribution in [2.24, 2.45) is 11.7 Å². The molecule has 200 valence electrons. The van der Waals surface area contributed by atoms with Crippen LogP contribution in [-0.2, 0) is 31.3 Å². The van der Waals surface area contributed by atoms with Crippen LogP contribution >= 0.6 is 0 Å². The highest BCUT2D eigenvalue weighted by Crippen LogP contribution is 2.51. The number of imide groups is 1. The van der Waals surface area contributed by atoms with Crippen LogP contribution in [-0.4, -0.2) is 40.3 Å². The molecule has 2 aromatic rings. The molecule has 1 aliphatic heterocycles. The second-order valence-corrected chi connectivity index (χ2v) is 11.3. The van der Waals surface area contributed by atoms with Crippen molar-refractivity contribution in [3.8, 4) is 0 Å². The van der Waals surface area contributed by atoms with Gasteiger partial charge in [-0.3, -0.25) is 19.7 Å². The Balaban J connectivity index is 1.45. The van der Waals surface area contributed by atoms with E-state index in [-0.39, 0.29) is 36.6 Å². The maximum absolute atomic E-state index is 13.9. The van der Waals surface area contributed by atoms with Gasteiger partial charge >= 0.3 is 6.09 Å². The van der Waals surface area contributed by atoms with E-state index in [4.69, 9.17) is 10.5 Å². The van der Waals surface area contributed by atoms with Crippen LogP contribution < -0.4 is 16.4 Å². The fourth-order valence-corrected chi connectivity index (χ4v) is 5.52. The van der Waals surface area contributed by atoms with Gasteiger partial charge in [0, 0.05) is 36.7 Å². The minimum atomic E-state index is -1.49. The number of nitrogens with two attached hydrogens (primary N) is 1. The molecule has 0 radical (unpaired) electrons. The number of rotatable bonds is 8. The summed E-state index contributed by atoms with van der Waals surface area (Å²) < 4.78 is 5.56. The molecule has 0 bridgehead atoms. The third kappa shape index (κ3) is 4.90. The summed E-state index contributed by atoms with van der Waals surface area (Å²) >= 11 is 0. The van der Waals surface area contributed by atoms with Gasteiger partial charge in [-0.15, -0.1) is 0 Å². The van der Waals surface area contributed by atoms with E-state index >= 15 is 0 Å². The maximum Gasteiger partial charge on any atom is 0.415 e. The second-order valence-electron chi connectivity index (χ2n) is 11.3. The molecule has 0 aromatic heterocycles. The molecule has 2 aliphatic carbocycles. The van der Waals surface area contributed by atoms with E-state index in [1.165, 1.54) is 0 Å². The number of nitrogens with zero attached hydrogens (tertiary/aromatic N) is 1. The highest BCUT2D eigenvalue weighted by molar-refractivity contribution is 6.04. The Hall–Kier alpha value is -3.72. The van der Waals surface area contributed by atoms with Crippen molar-refractivity contribution < 1.29 is 23.9 Å². The number of anilines is 1. The van der Waals surface area contributed by atoms with E-state index in [9.17, 15) is 19.2 Å². The molecule has 1 heterocycles. The highest BCUT2D eigenvalue weighted by Gasteiger charge is 2.57. The number of carbonyl (C=O) groups is 4. The molecule has 38 heavy (non-hydrogen) atoms.